The Hall–Kier alpha value is -1.68. The minimum Gasteiger partial charge on any atom is -0.375 e. The average molecular weight is 275 g/mol. The number of benzene rings is 1. The van der Waals surface area contributed by atoms with Gasteiger partial charge in [-0.2, -0.15) is 0 Å². The first-order valence-corrected chi connectivity index (χ1v) is 6.86. The van der Waals surface area contributed by atoms with Crippen molar-refractivity contribution >= 4 is 17.4 Å². The van der Waals surface area contributed by atoms with Gasteiger partial charge in [-0.25, -0.2) is 0 Å². The van der Waals surface area contributed by atoms with Crippen LogP contribution in [-0.4, -0.2) is 22.8 Å². The van der Waals surface area contributed by atoms with E-state index in [9.17, 15) is 14.7 Å². The number of ketones is 1. The van der Waals surface area contributed by atoms with Gasteiger partial charge in [-0.15, -0.1) is 0 Å². The molecule has 0 saturated heterocycles. The molecular formula is C16H21NO3. The zero-order chi connectivity index (χ0) is 15.2. The second-order valence-electron chi connectivity index (χ2n) is 5.93. The van der Waals surface area contributed by atoms with E-state index in [2.05, 4.69) is 0 Å². The molecule has 0 aliphatic carbocycles. The van der Waals surface area contributed by atoms with E-state index < -0.39 is 11.5 Å². The SMILES string of the molecule is CC(=O)CC1(O)C(=O)N(C(C)C)c2c(C)ccc(C)c21. The summed E-state index contributed by atoms with van der Waals surface area (Å²) in [5.41, 5.74) is 1.40. The van der Waals surface area contributed by atoms with Crippen molar-refractivity contribution < 1.29 is 14.7 Å². The van der Waals surface area contributed by atoms with E-state index in [0.717, 1.165) is 16.8 Å². The predicted molar refractivity (Wildman–Crippen MR) is 77.7 cm³/mol. The number of amides is 1. The first-order chi connectivity index (χ1) is 9.20. The fraction of sp³-hybridized carbons (Fsp3) is 0.500. The molecule has 0 saturated carbocycles. The minimum atomic E-state index is -1.72. The molecular weight excluding hydrogens is 254 g/mol. The summed E-state index contributed by atoms with van der Waals surface area (Å²) in [6, 6.07) is 3.76. The molecule has 4 nitrogen and oxygen atoms in total. The molecule has 108 valence electrons. The number of nitrogens with zero attached hydrogens (tertiary/aromatic N) is 1. The zero-order valence-corrected chi connectivity index (χ0v) is 12.7. The number of carbonyl (C=O) groups is 2. The molecule has 1 unspecified atom stereocenters. The number of aryl methyl sites for hydroxylation is 2. The van der Waals surface area contributed by atoms with E-state index in [1.165, 1.54) is 6.92 Å². The van der Waals surface area contributed by atoms with Crippen LogP contribution in [0.3, 0.4) is 0 Å². The van der Waals surface area contributed by atoms with Gasteiger partial charge in [-0.1, -0.05) is 12.1 Å². The maximum atomic E-state index is 12.7. The molecule has 0 fully saturated rings. The van der Waals surface area contributed by atoms with Gasteiger partial charge in [0.15, 0.2) is 5.60 Å². The van der Waals surface area contributed by atoms with Crippen LogP contribution in [0.4, 0.5) is 5.69 Å². The highest BCUT2D eigenvalue weighted by atomic mass is 16.3. The monoisotopic (exact) mass is 275 g/mol. The van der Waals surface area contributed by atoms with Gasteiger partial charge in [0.1, 0.15) is 5.78 Å². The summed E-state index contributed by atoms with van der Waals surface area (Å²) < 4.78 is 0. The lowest BCUT2D eigenvalue weighted by atomic mass is 9.86. The Balaban J connectivity index is 2.75. The Kier molecular flexibility index (Phi) is 3.46. The van der Waals surface area contributed by atoms with Crippen LogP contribution in [0.2, 0.25) is 0 Å². The molecule has 1 aromatic carbocycles. The largest absolute Gasteiger partial charge is 0.375 e. The van der Waals surface area contributed by atoms with Crippen LogP contribution in [0.1, 0.15) is 43.9 Å². The van der Waals surface area contributed by atoms with Crippen molar-refractivity contribution in [3.8, 4) is 0 Å². The second kappa shape index (κ2) is 4.70. The second-order valence-corrected chi connectivity index (χ2v) is 5.93. The summed E-state index contributed by atoms with van der Waals surface area (Å²) in [5.74, 6) is -0.589. The number of rotatable bonds is 3. The van der Waals surface area contributed by atoms with E-state index in [4.69, 9.17) is 0 Å². The number of fused-ring (bicyclic) bond motifs is 1. The number of aliphatic hydroxyl groups is 1. The summed E-state index contributed by atoms with van der Waals surface area (Å²) in [6.07, 6.45) is -0.174. The van der Waals surface area contributed by atoms with Gasteiger partial charge in [-0.05, 0) is 45.7 Å². The fourth-order valence-corrected chi connectivity index (χ4v) is 3.05. The quantitative estimate of drug-likeness (QED) is 0.920. The van der Waals surface area contributed by atoms with Crippen LogP contribution in [0, 0.1) is 13.8 Å². The summed E-state index contributed by atoms with van der Waals surface area (Å²) >= 11 is 0. The lowest BCUT2D eigenvalue weighted by molar-refractivity contribution is -0.141. The number of hydrogen-bond donors (Lipinski definition) is 1. The predicted octanol–water partition coefficient (Wildman–Crippen LogP) is 2.23. The zero-order valence-electron chi connectivity index (χ0n) is 12.7. The Morgan fingerprint density at radius 2 is 1.85 bits per heavy atom. The molecule has 20 heavy (non-hydrogen) atoms. The molecule has 4 heteroatoms. The smallest absolute Gasteiger partial charge is 0.264 e. The first kappa shape index (κ1) is 14.7. The van der Waals surface area contributed by atoms with Crippen LogP contribution < -0.4 is 4.90 Å². The maximum absolute atomic E-state index is 12.7. The lowest BCUT2D eigenvalue weighted by Gasteiger charge is -2.25. The summed E-state index contributed by atoms with van der Waals surface area (Å²) in [5, 5.41) is 10.9. The molecule has 0 bridgehead atoms. The standard InChI is InChI=1S/C16H21NO3/c1-9(2)17-14-11(4)7-6-10(3)13(14)16(20,15(17)19)8-12(5)18/h6-7,9,20H,8H2,1-5H3. The maximum Gasteiger partial charge on any atom is 0.264 e. The minimum absolute atomic E-state index is 0.0669. The van der Waals surface area contributed by atoms with E-state index >= 15 is 0 Å². The van der Waals surface area contributed by atoms with Gasteiger partial charge in [0.2, 0.25) is 0 Å². The average Bonchev–Trinajstić information content (AvgIpc) is 2.54. The number of carbonyl (C=O) groups excluding carboxylic acids is 2. The Morgan fingerprint density at radius 1 is 1.30 bits per heavy atom. The first-order valence-electron chi connectivity index (χ1n) is 6.86. The van der Waals surface area contributed by atoms with Gasteiger partial charge >= 0.3 is 0 Å². The van der Waals surface area contributed by atoms with Crippen LogP contribution in [-0.2, 0) is 15.2 Å². The van der Waals surface area contributed by atoms with Crippen LogP contribution in [0.25, 0.3) is 0 Å². The molecule has 1 heterocycles. The molecule has 1 amide bonds. The van der Waals surface area contributed by atoms with Crippen LogP contribution in [0.15, 0.2) is 12.1 Å². The Labute approximate surface area is 119 Å². The number of Topliss-reactive ketones (excluding diaryl/α,β-unsaturated/α-hetero) is 1. The molecule has 1 aromatic rings. The highest BCUT2D eigenvalue weighted by Crippen LogP contribution is 2.46. The Bertz CT molecular complexity index is 592. The highest BCUT2D eigenvalue weighted by Gasteiger charge is 2.52. The van der Waals surface area contributed by atoms with Gasteiger partial charge in [0.05, 0.1) is 5.69 Å². The third kappa shape index (κ3) is 1.95. The molecule has 1 N–H and O–H groups in total. The summed E-state index contributed by atoms with van der Waals surface area (Å²) in [7, 11) is 0. The van der Waals surface area contributed by atoms with Crippen molar-refractivity contribution in [2.45, 2.75) is 52.7 Å². The van der Waals surface area contributed by atoms with E-state index in [-0.39, 0.29) is 18.2 Å². The van der Waals surface area contributed by atoms with Gasteiger partial charge in [0.25, 0.3) is 5.91 Å². The van der Waals surface area contributed by atoms with Gasteiger partial charge in [0, 0.05) is 18.0 Å². The van der Waals surface area contributed by atoms with E-state index in [0.29, 0.717) is 5.56 Å². The van der Waals surface area contributed by atoms with Crippen molar-refractivity contribution in [1.82, 2.24) is 0 Å². The lowest BCUT2D eigenvalue weighted by Crippen LogP contribution is -2.44. The normalized spacial score (nSPS) is 21.6. The summed E-state index contributed by atoms with van der Waals surface area (Å²) in [6.45, 7) is 8.99. The van der Waals surface area contributed by atoms with Crippen LogP contribution >= 0.6 is 0 Å². The van der Waals surface area contributed by atoms with Crippen molar-refractivity contribution in [1.29, 1.82) is 0 Å². The Morgan fingerprint density at radius 3 is 2.35 bits per heavy atom. The number of anilines is 1. The molecule has 1 aliphatic rings. The van der Waals surface area contributed by atoms with Crippen molar-refractivity contribution in [3.05, 3.63) is 28.8 Å². The number of hydrogen-bond acceptors (Lipinski definition) is 3. The molecule has 2 rings (SSSR count). The molecule has 0 spiro atoms. The molecule has 1 atom stereocenters. The van der Waals surface area contributed by atoms with Gasteiger partial charge in [-0.3, -0.25) is 9.59 Å². The molecule has 1 aliphatic heterocycles. The van der Waals surface area contributed by atoms with E-state index in [1.807, 2.05) is 39.8 Å². The molecule has 0 radical (unpaired) electrons. The topological polar surface area (TPSA) is 57.6 Å². The fourth-order valence-electron chi connectivity index (χ4n) is 3.05. The summed E-state index contributed by atoms with van der Waals surface area (Å²) in [4.78, 5) is 25.8. The third-order valence-corrected chi connectivity index (χ3v) is 3.84. The van der Waals surface area contributed by atoms with E-state index in [1.54, 1.807) is 4.90 Å². The van der Waals surface area contributed by atoms with Crippen molar-refractivity contribution in [3.63, 3.8) is 0 Å². The van der Waals surface area contributed by atoms with Crippen molar-refractivity contribution in [2.75, 3.05) is 4.90 Å². The van der Waals surface area contributed by atoms with Crippen molar-refractivity contribution in [2.24, 2.45) is 0 Å². The van der Waals surface area contributed by atoms with Crippen LogP contribution in [0.5, 0.6) is 0 Å². The molecule has 0 aromatic heterocycles. The third-order valence-electron chi connectivity index (χ3n) is 3.84. The highest BCUT2D eigenvalue weighted by molar-refractivity contribution is 6.10. The van der Waals surface area contributed by atoms with Gasteiger partial charge < -0.3 is 10.0 Å².